The van der Waals surface area contributed by atoms with Gasteiger partial charge in [0.05, 0.1) is 58.6 Å². The highest BCUT2D eigenvalue weighted by Crippen LogP contribution is 2.37. The van der Waals surface area contributed by atoms with Crippen molar-refractivity contribution in [2.45, 2.75) is 53.3 Å². The van der Waals surface area contributed by atoms with Crippen molar-refractivity contribution in [2.75, 3.05) is 20.2 Å². The topological polar surface area (TPSA) is 88.1 Å². The molecule has 12 heteroatoms. The quantitative estimate of drug-likeness (QED) is 0.214. The lowest BCUT2D eigenvalue weighted by atomic mass is 10.1. The Balaban J connectivity index is 1.76. The fourth-order valence-corrected chi connectivity index (χ4v) is 6.55. The van der Waals surface area contributed by atoms with E-state index in [0.717, 1.165) is 57.2 Å². The summed E-state index contributed by atoms with van der Waals surface area (Å²) in [5, 5.41) is 15.5. The Morgan fingerprint density at radius 2 is 2.00 bits per heavy atom. The molecule has 0 amide bonds. The van der Waals surface area contributed by atoms with Gasteiger partial charge in [0.1, 0.15) is 6.10 Å². The van der Waals surface area contributed by atoms with Crippen molar-refractivity contribution in [1.82, 2.24) is 39.0 Å². The van der Waals surface area contributed by atoms with E-state index in [4.69, 9.17) is 24.7 Å². The molecule has 1 aliphatic rings. The minimum absolute atomic E-state index is 0.0817. The zero-order valence-electron chi connectivity index (χ0n) is 22.9. The second-order valence-electron chi connectivity index (χ2n) is 9.95. The minimum atomic E-state index is -0.0817. The van der Waals surface area contributed by atoms with Crippen molar-refractivity contribution in [3.63, 3.8) is 0 Å². The number of aryl methyl sites for hydroxylation is 2. The van der Waals surface area contributed by atoms with E-state index in [-0.39, 0.29) is 12.1 Å². The molecule has 0 spiro atoms. The Kier molecular flexibility index (Phi) is 7.79. The maximum atomic E-state index is 6.53. The van der Waals surface area contributed by atoms with Gasteiger partial charge in [0, 0.05) is 31.6 Å². The lowest BCUT2D eigenvalue weighted by Gasteiger charge is -2.24. The standard InChI is InChI=1S/C26H34IN8O2P/c1-8-36-25-18-9-10-20-19-11-21(28-12-22(19)35(30-20)38-27)24-17(5)29-33(7)26(24)37-16(4)13-32(6)14-23(18)34(31-25)15(2)3/h9-12,15-16,38H,8,13-14H2,1-7H3/b10-9+. The van der Waals surface area contributed by atoms with Crippen molar-refractivity contribution in [3.05, 3.63) is 34.9 Å². The average molecular weight is 648 g/mol. The summed E-state index contributed by atoms with van der Waals surface area (Å²) in [6.07, 6.45) is 6.44. The third-order valence-electron chi connectivity index (χ3n) is 6.60. The van der Waals surface area contributed by atoms with Gasteiger partial charge in [0.15, 0.2) is 0 Å². The average Bonchev–Trinajstić information content (AvgIpc) is 3.48. The second kappa shape index (κ2) is 10.9. The number of halogens is 1. The zero-order valence-corrected chi connectivity index (χ0v) is 26.0. The lowest BCUT2D eigenvalue weighted by molar-refractivity contribution is 0.147. The lowest BCUT2D eigenvalue weighted by Crippen LogP contribution is -2.32. The monoisotopic (exact) mass is 648 g/mol. The summed E-state index contributed by atoms with van der Waals surface area (Å²) >= 11 is 2.35. The Morgan fingerprint density at radius 1 is 1.21 bits per heavy atom. The highest BCUT2D eigenvalue weighted by atomic mass is 127. The molecule has 0 N–H and O–H groups in total. The molecule has 202 valence electrons. The van der Waals surface area contributed by atoms with Crippen LogP contribution in [0, 0.1) is 6.92 Å². The van der Waals surface area contributed by atoms with Gasteiger partial charge in [0.25, 0.3) is 0 Å². The van der Waals surface area contributed by atoms with Gasteiger partial charge in [-0.3, -0.25) is 14.6 Å². The largest absolute Gasteiger partial charge is 0.476 e. The molecule has 0 aromatic carbocycles. The van der Waals surface area contributed by atoms with Crippen LogP contribution in [-0.4, -0.2) is 65.3 Å². The molecule has 5 heterocycles. The number of likely N-dealkylation sites (N-methyl/N-ethyl adjacent to an activating group) is 1. The molecular formula is C26H34IN8O2P. The number of hydrogen-bond acceptors (Lipinski definition) is 7. The number of rotatable bonds is 4. The number of ether oxygens (including phenoxy) is 2. The van der Waals surface area contributed by atoms with Crippen LogP contribution < -0.4 is 9.47 Å². The first-order valence-corrected chi connectivity index (χ1v) is 16.8. The van der Waals surface area contributed by atoms with Crippen LogP contribution in [-0.2, 0) is 13.6 Å². The summed E-state index contributed by atoms with van der Waals surface area (Å²) < 4.78 is 18.4. The molecule has 38 heavy (non-hydrogen) atoms. The van der Waals surface area contributed by atoms with Crippen LogP contribution in [0.4, 0.5) is 0 Å². The van der Waals surface area contributed by atoms with E-state index in [9.17, 15) is 0 Å². The smallest absolute Gasteiger partial charge is 0.240 e. The molecule has 0 radical (unpaired) electrons. The van der Waals surface area contributed by atoms with Gasteiger partial charge in [-0.1, -0.05) is 0 Å². The fourth-order valence-electron chi connectivity index (χ4n) is 5.03. The molecule has 4 aromatic rings. The van der Waals surface area contributed by atoms with Crippen molar-refractivity contribution in [2.24, 2.45) is 7.05 Å². The first-order chi connectivity index (χ1) is 18.2. The fraction of sp³-hybridized carbons (Fsp3) is 0.462. The molecule has 0 aliphatic carbocycles. The SMILES string of the molecule is CCOc1nn(C(C)C)c2c1/C=C/c1nn(PI)c3cnc(cc13)-c1c(C)nn(C)c1OC(C)CN(C)C2. The minimum Gasteiger partial charge on any atom is -0.476 e. The number of nitrogens with zero attached hydrogens (tertiary/aromatic N) is 8. The van der Waals surface area contributed by atoms with Crippen molar-refractivity contribution in [3.8, 4) is 23.0 Å². The molecule has 2 atom stereocenters. The summed E-state index contributed by atoms with van der Waals surface area (Å²) in [6.45, 7) is 12.3. The molecule has 5 rings (SSSR count). The van der Waals surface area contributed by atoms with Crippen LogP contribution in [0.1, 0.15) is 56.4 Å². The number of fused-ring (bicyclic) bond motifs is 4. The summed E-state index contributed by atoms with van der Waals surface area (Å²) in [4.78, 5) is 7.09. The van der Waals surface area contributed by atoms with Gasteiger partial charge in [-0.15, -0.1) is 5.10 Å². The summed E-state index contributed by atoms with van der Waals surface area (Å²) in [7, 11) is 4.02. The van der Waals surface area contributed by atoms with E-state index < -0.39 is 0 Å². The summed E-state index contributed by atoms with van der Waals surface area (Å²) in [5.41, 5.74) is 6.56. The van der Waals surface area contributed by atoms with Gasteiger partial charge in [0.2, 0.25) is 11.8 Å². The maximum absolute atomic E-state index is 6.53. The molecule has 4 aromatic heterocycles. The predicted molar refractivity (Wildman–Crippen MR) is 161 cm³/mol. The highest BCUT2D eigenvalue weighted by Gasteiger charge is 2.25. The molecule has 0 saturated carbocycles. The third-order valence-corrected chi connectivity index (χ3v) is 8.47. The molecule has 2 unspecified atom stereocenters. The maximum Gasteiger partial charge on any atom is 0.240 e. The van der Waals surface area contributed by atoms with Crippen molar-refractivity contribution in [1.29, 1.82) is 0 Å². The van der Waals surface area contributed by atoms with Gasteiger partial charge in [-0.25, -0.2) is 9.13 Å². The van der Waals surface area contributed by atoms with Crippen molar-refractivity contribution >= 4 is 51.5 Å². The van der Waals surface area contributed by atoms with Gasteiger partial charge >= 0.3 is 0 Å². The van der Waals surface area contributed by atoms with Crippen LogP contribution in [0.3, 0.4) is 0 Å². The molecule has 2 bridgehead atoms. The molecule has 0 fully saturated rings. The van der Waals surface area contributed by atoms with Gasteiger partial charge in [-0.05, 0) is 81.9 Å². The van der Waals surface area contributed by atoms with Crippen LogP contribution in [0.5, 0.6) is 11.8 Å². The van der Waals surface area contributed by atoms with E-state index >= 15 is 0 Å². The molecular weight excluding hydrogens is 614 g/mol. The first-order valence-electron chi connectivity index (χ1n) is 12.8. The normalized spacial score (nSPS) is 17.6. The van der Waals surface area contributed by atoms with Crippen LogP contribution >= 0.6 is 28.4 Å². The molecule has 0 saturated heterocycles. The van der Waals surface area contributed by atoms with E-state index in [1.54, 1.807) is 0 Å². The summed E-state index contributed by atoms with van der Waals surface area (Å²) in [6, 6.07) is 2.29. The van der Waals surface area contributed by atoms with Gasteiger partial charge in [-0.2, -0.15) is 10.2 Å². The van der Waals surface area contributed by atoms with Crippen LogP contribution in [0.2, 0.25) is 0 Å². The Hall–Kier alpha value is -2.50. The van der Waals surface area contributed by atoms with E-state index in [1.165, 1.54) is 0 Å². The van der Waals surface area contributed by atoms with E-state index in [0.29, 0.717) is 25.4 Å². The van der Waals surface area contributed by atoms with Crippen LogP contribution in [0.25, 0.3) is 34.3 Å². The molecule has 10 nitrogen and oxygen atoms in total. The Labute approximate surface area is 237 Å². The highest BCUT2D eigenvalue weighted by molar-refractivity contribution is 14.2. The van der Waals surface area contributed by atoms with Crippen molar-refractivity contribution < 1.29 is 9.47 Å². The number of aromatic nitrogens is 7. The second-order valence-corrected chi connectivity index (χ2v) is 12.0. The van der Waals surface area contributed by atoms with Crippen LogP contribution in [0.15, 0.2) is 12.3 Å². The number of hydrogen-bond donors (Lipinski definition) is 0. The summed E-state index contributed by atoms with van der Waals surface area (Å²) in [5.74, 6) is 1.36. The zero-order chi connectivity index (χ0) is 27.1. The number of pyridine rings is 1. The third kappa shape index (κ3) is 4.96. The van der Waals surface area contributed by atoms with E-state index in [1.807, 2.05) is 36.2 Å². The predicted octanol–water partition coefficient (Wildman–Crippen LogP) is 5.49. The molecule has 1 aliphatic heterocycles. The van der Waals surface area contributed by atoms with Gasteiger partial charge < -0.3 is 9.47 Å². The Morgan fingerprint density at radius 3 is 2.71 bits per heavy atom. The van der Waals surface area contributed by atoms with E-state index in [2.05, 4.69) is 82.8 Å². The first kappa shape index (κ1) is 27.1. The Bertz CT molecular complexity index is 1500.